The molecule has 0 heterocycles. The van der Waals surface area contributed by atoms with Crippen molar-refractivity contribution in [2.24, 2.45) is 11.8 Å². The van der Waals surface area contributed by atoms with Crippen LogP contribution in [-0.4, -0.2) is 19.2 Å². The van der Waals surface area contributed by atoms with E-state index in [1.54, 1.807) is 0 Å². The van der Waals surface area contributed by atoms with E-state index in [0.717, 1.165) is 43.5 Å². The summed E-state index contributed by atoms with van der Waals surface area (Å²) in [5.74, 6) is 2.49. The first-order chi connectivity index (χ1) is 14.7. The summed E-state index contributed by atoms with van der Waals surface area (Å²) in [5, 5.41) is 0. The Morgan fingerprint density at radius 1 is 0.767 bits per heavy atom. The number of unbranched alkanes of at least 4 members (excludes halogenated alkanes) is 5. The molecule has 0 amide bonds. The van der Waals surface area contributed by atoms with Crippen LogP contribution in [0.5, 0.6) is 5.75 Å². The van der Waals surface area contributed by atoms with E-state index < -0.39 is 0 Å². The van der Waals surface area contributed by atoms with E-state index in [1.807, 2.05) is 24.3 Å². The summed E-state index contributed by atoms with van der Waals surface area (Å²) in [6.45, 7) is 5.80. The molecule has 1 aliphatic carbocycles. The van der Waals surface area contributed by atoms with Gasteiger partial charge in [0.2, 0.25) is 0 Å². The monoisotopic (exact) mass is 416 g/mol. The van der Waals surface area contributed by atoms with Gasteiger partial charge in [-0.1, -0.05) is 84.5 Å². The van der Waals surface area contributed by atoms with Crippen molar-refractivity contribution in [1.29, 1.82) is 0 Å². The van der Waals surface area contributed by atoms with Crippen LogP contribution in [0.25, 0.3) is 0 Å². The summed E-state index contributed by atoms with van der Waals surface area (Å²) >= 11 is 0. The van der Waals surface area contributed by atoms with Gasteiger partial charge in [0.05, 0.1) is 18.8 Å². The molecular formula is C27H44O3. The smallest absolute Gasteiger partial charge is 0.338 e. The van der Waals surface area contributed by atoms with Crippen molar-refractivity contribution < 1.29 is 14.3 Å². The average molecular weight is 417 g/mol. The molecule has 3 nitrogen and oxygen atoms in total. The first kappa shape index (κ1) is 24.8. The van der Waals surface area contributed by atoms with Crippen molar-refractivity contribution in [3.05, 3.63) is 29.8 Å². The zero-order chi connectivity index (χ0) is 21.4. The SMILES string of the molecule is CCCCCCCCOC(=O)c1ccc(OCCC[C@H]2CC[C@H](CCC)CC2)cc1. The summed E-state index contributed by atoms with van der Waals surface area (Å²) in [4.78, 5) is 12.1. The Kier molecular flexibility index (Phi) is 12.6. The summed E-state index contributed by atoms with van der Waals surface area (Å²) < 4.78 is 11.3. The minimum Gasteiger partial charge on any atom is -0.494 e. The van der Waals surface area contributed by atoms with Crippen LogP contribution in [0, 0.1) is 11.8 Å². The van der Waals surface area contributed by atoms with Crippen LogP contribution in [0.2, 0.25) is 0 Å². The second-order valence-electron chi connectivity index (χ2n) is 9.09. The maximum absolute atomic E-state index is 12.1. The molecule has 0 atom stereocenters. The summed E-state index contributed by atoms with van der Waals surface area (Å²) in [6, 6.07) is 7.40. The van der Waals surface area contributed by atoms with Crippen LogP contribution in [0.4, 0.5) is 0 Å². The molecule has 0 radical (unpaired) electrons. The molecule has 1 aromatic rings. The molecule has 0 unspecified atom stereocenters. The molecule has 2 rings (SSSR count). The highest BCUT2D eigenvalue weighted by atomic mass is 16.5. The third-order valence-electron chi connectivity index (χ3n) is 6.51. The molecule has 1 aromatic carbocycles. The second-order valence-corrected chi connectivity index (χ2v) is 9.09. The molecule has 0 spiro atoms. The predicted molar refractivity (Wildman–Crippen MR) is 125 cm³/mol. The maximum atomic E-state index is 12.1. The van der Waals surface area contributed by atoms with Crippen molar-refractivity contribution in [3.8, 4) is 5.75 Å². The van der Waals surface area contributed by atoms with E-state index in [9.17, 15) is 4.79 Å². The Balaban J connectivity index is 1.54. The minimum absolute atomic E-state index is 0.228. The molecule has 3 heteroatoms. The molecule has 0 aliphatic heterocycles. The Morgan fingerprint density at radius 2 is 1.40 bits per heavy atom. The standard InChI is InChI=1S/C27H44O3/c1-3-5-6-7-8-9-21-30-27(28)25-17-19-26(20-18-25)29-22-10-12-24-15-13-23(11-4-2)14-16-24/h17-20,23-24H,3-16,21-22H2,1-2H3/t23-,24-. The number of carbonyl (C=O) groups excluding carboxylic acids is 1. The number of carbonyl (C=O) groups is 1. The van der Waals surface area contributed by atoms with Gasteiger partial charge in [0.15, 0.2) is 0 Å². The number of rotatable bonds is 15. The van der Waals surface area contributed by atoms with Gasteiger partial charge in [-0.25, -0.2) is 4.79 Å². The van der Waals surface area contributed by atoms with Crippen LogP contribution in [0.3, 0.4) is 0 Å². The van der Waals surface area contributed by atoms with Crippen LogP contribution in [0.1, 0.15) is 114 Å². The number of hydrogen-bond acceptors (Lipinski definition) is 3. The molecule has 1 fully saturated rings. The van der Waals surface area contributed by atoms with E-state index in [4.69, 9.17) is 9.47 Å². The zero-order valence-corrected chi connectivity index (χ0v) is 19.5. The van der Waals surface area contributed by atoms with Crippen LogP contribution in [-0.2, 0) is 4.74 Å². The summed E-state index contributed by atoms with van der Waals surface area (Å²) in [6.07, 6.45) is 18.0. The lowest BCUT2D eigenvalue weighted by molar-refractivity contribution is 0.0497. The van der Waals surface area contributed by atoms with Gasteiger partial charge in [-0.05, 0) is 55.4 Å². The van der Waals surface area contributed by atoms with Gasteiger partial charge >= 0.3 is 5.97 Å². The Labute approximate surface area is 184 Å². The fourth-order valence-corrected chi connectivity index (χ4v) is 4.60. The minimum atomic E-state index is -0.228. The molecule has 1 aliphatic rings. The molecule has 30 heavy (non-hydrogen) atoms. The molecule has 170 valence electrons. The molecular weight excluding hydrogens is 372 g/mol. The van der Waals surface area contributed by atoms with Gasteiger partial charge in [0.25, 0.3) is 0 Å². The summed E-state index contributed by atoms with van der Waals surface area (Å²) in [7, 11) is 0. The van der Waals surface area contributed by atoms with E-state index in [1.165, 1.54) is 70.6 Å². The van der Waals surface area contributed by atoms with Crippen molar-refractivity contribution in [2.75, 3.05) is 13.2 Å². The third kappa shape index (κ3) is 10.00. The Hall–Kier alpha value is -1.51. The van der Waals surface area contributed by atoms with Crippen molar-refractivity contribution in [3.63, 3.8) is 0 Å². The lowest BCUT2D eigenvalue weighted by Crippen LogP contribution is -2.15. The van der Waals surface area contributed by atoms with E-state index in [-0.39, 0.29) is 5.97 Å². The third-order valence-corrected chi connectivity index (χ3v) is 6.51. The molecule has 1 saturated carbocycles. The fraction of sp³-hybridized carbons (Fsp3) is 0.741. The van der Waals surface area contributed by atoms with Crippen LogP contribution in [0.15, 0.2) is 24.3 Å². The first-order valence-electron chi connectivity index (χ1n) is 12.6. The van der Waals surface area contributed by atoms with Gasteiger partial charge < -0.3 is 9.47 Å². The number of esters is 1. The van der Waals surface area contributed by atoms with Gasteiger partial charge in [-0.2, -0.15) is 0 Å². The average Bonchev–Trinajstić information content (AvgIpc) is 2.77. The fourth-order valence-electron chi connectivity index (χ4n) is 4.60. The molecule has 0 N–H and O–H groups in total. The Bertz CT molecular complexity index is 558. The summed E-state index contributed by atoms with van der Waals surface area (Å²) in [5.41, 5.74) is 0.608. The highest BCUT2D eigenvalue weighted by molar-refractivity contribution is 5.89. The first-order valence-corrected chi connectivity index (χ1v) is 12.6. The van der Waals surface area contributed by atoms with E-state index in [0.29, 0.717) is 12.2 Å². The lowest BCUT2D eigenvalue weighted by atomic mass is 9.78. The number of benzene rings is 1. The number of hydrogen-bond donors (Lipinski definition) is 0. The topological polar surface area (TPSA) is 35.5 Å². The van der Waals surface area contributed by atoms with Crippen molar-refractivity contribution >= 4 is 5.97 Å². The molecule has 0 bridgehead atoms. The molecule has 0 aromatic heterocycles. The zero-order valence-electron chi connectivity index (χ0n) is 19.5. The largest absolute Gasteiger partial charge is 0.494 e. The van der Waals surface area contributed by atoms with Gasteiger partial charge in [0, 0.05) is 0 Å². The highest BCUT2D eigenvalue weighted by Crippen LogP contribution is 2.33. The highest BCUT2D eigenvalue weighted by Gasteiger charge is 2.20. The molecule has 0 saturated heterocycles. The van der Waals surface area contributed by atoms with Crippen LogP contribution >= 0.6 is 0 Å². The van der Waals surface area contributed by atoms with E-state index in [2.05, 4.69) is 13.8 Å². The van der Waals surface area contributed by atoms with Crippen molar-refractivity contribution in [2.45, 2.75) is 104 Å². The van der Waals surface area contributed by atoms with E-state index >= 15 is 0 Å². The predicted octanol–water partition coefficient (Wildman–Crippen LogP) is 7.97. The lowest BCUT2D eigenvalue weighted by Gasteiger charge is -2.28. The Morgan fingerprint density at radius 3 is 2.07 bits per heavy atom. The van der Waals surface area contributed by atoms with Gasteiger partial charge in [-0.3, -0.25) is 0 Å². The second kappa shape index (κ2) is 15.3. The normalized spacial score (nSPS) is 18.9. The quantitative estimate of drug-likeness (QED) is 0.215. The van der Waals surface area contributed by atoms with Crippen LogP contribution < -0.4 is 4.74 Å². The van der Waals surface area contributed by atoms with Gasteiger partial charge in [0.1, 0.15) is 5.75 Å². The maximum Gasteiger partial charge on any atom is 0.338 e. The van der Waals surface area contributed by atoms with Gasteiger partial charge in [-0.15, -0.1) is 0 Å². The number of ether oxygens (including phenoxy) is 2. The van der Waals surface area contributed by atoms with Crippen molar-refractivity contribution in [1.82, 2.24) is 0 Å².